The van der Waals surface area contributed by atoms with E-state index in [-0.39, 0.29) is 5.56 Å². The summed E-state index contributed by atoms with van der Waals surface area (Å²) in [5.41, 5.74) is 4.11. The zero-order valence-electron chi connectivity index (χ0n) is 13.1. The van der Waals surface area contributed by atoms with Crippen molar-refractivity contribution in [1.82, 2.24) is 14.9 Å². The van der Waals surface area contributed by atoms with E-state index in [1.807, 2.05) is 25.1 Å². The van der Waals surface area contributed by atoms with Crippen LogP contribution in [0.4, 0.5) is 0 Å². The molecule has 0 atom stereocenters. The summed E-state index contributed by atoms with van der Waals surface area (Å²) in [6, 6.07) is 8.07. The van der Waals surface area contributed by atoms with Gasteiger partial charge in [-0.25, -0.2) is 4.98 Å². The molecule has 0 aliphatic carbocycles. The molecule has 1 N–H and O–H groups in total. The minimum absolute atomic E-state index is 0.00332. The Morgan fingerprint density at radius 3 is 3.13 bits per heavy atom. The maximum Gasteiger partial charge on any atom is 0.255 e. The van der Waals surface area contributed by atoms with Crippen LogP contribution in [0.25, 0.3) is 6.08 Å². The van der Waals surface area contributed by atoms with Crippen molar-refractivity contribution in [3.05, 3.63) is 62.8 Å². The van der Waals surface area contributed by atoms with Crippen molar-refractivity contribution in [3.63, 3.8) is 0 Å². The fraction of sp³-hybridized carbons (Fsp3) is 0.333. The van der Waals surface area contributed by atoms with Crippen molar-refractivity contribution in [3.8, 4) is 5.75 Å². The predicted molar refractivity (Wildman–Crippen MR) is 88.5 cm³/mol. The molecule has 0 bridgehead atoms. The highest BCUT2D eigenvalue weighted by molar-refractivity contribution is 5.62. The molecule has 0 unspecified atom stereocenters. The van der Waals surface area contributed by atoms with Crippen LogP contribution in [0.15, 0.2) is 34.6 Å². The monoisotopic (exact) mass is 309 g/mol. The molecular formula is C18H19N3O2. The molecule has 0 amide bonds. The topological polar surface area (TPSA) is 58.2 Å². The summed E-state index contributed by atoms with van der Waals surface area (Å²) in [6.45, 7) is 4.83. The quantitative estimate of drug-likeness (QED) is 0.921. The van der Waals surface area contributed by atoms with Gasteiger partial charge in [-0.1, -0.05) is 18.2 Å². The van der Waals surface area contributed by atoms with Crippen molar-refractivity contribution in [2.24, 2.45) is 0 Å². The Bertz CT molecular complexity index is 838. The van der Waals surface area contributed by atoms with Crippen LogP contribution in [0, 0.1) is 6.92 Å². The highest BCUT2D eigenvalue weighted by atomic mass is 16.5. The van der Waals surface area contributed by atoms with Crippen molar-refractivity contribution in [2.75, 3.05) is 19.7 Å². The number of nitrogens with one attached hydrogen (secondary N) is 1. The van der Waals surface area contributed by atoms with Crippen LogP contribution in [0.5, 0.6) is 5.75 Å². The molecule has 2 aliphatic rings. The van der Waals surface area contributed by atoms with Gasteiger partial charge in [-0.15, -0.1) is 0 Å². The summed E-state index contributed by atoms with van der Waals surface area (Å²) < 4.78 is 5.81. The first-order valence-corrected chi connectivity index (χ1v) is 7.91. The number of nitrogens with zero attached hydrogens (tertiary/aromatic N) is 2. The lowest BCUT2D eigenvalue weighted by Gasteiger charge is -2.29. The maximum absolute atomic E-state index is 12.1. The van der Waals surface area contributed by atoms with E-state index in [9.17, 15) is 4.79 Å². The fourth-order valence-electron chi connectivity index (χ4n) is 3.28. The maximum atomic E-state index is 12.1. The van der Waals surface area contributed by atoms with Crippen LogP contribution in [-0.2, 0) is 13.0 Å². The molecule has 4 rings (SSSR count). The second-order valence-corrected chi connectivity index (χ2v) is 6.17. The smallest absolute Gasteiger partial charge is 0.255 e. The van der Waals surface area contributed by atoms with Gasteiger partial charge in [-0.2, -0.15) is 0 Å². The van der Waals surface area contributed by atoms with Gasteiger partial charge >= 0.3 is 0 Å². The van der Waals surface area contributed by atoms with E-state index in [1.165, 1.54) is 5.57 Å². The number of aromatic nitrogens is 2. The van der Waals surface area contributed by atoms with Gasteiger partial charge in [0.25, 0.3) is 5.56 Å². The summed E-state index contributed by atoms with van der Waals surface area (Å²) in [5, 5.41) is 0. The van der Waals surface area contributed by atoms with Gasteiger partial charge in [0.15, 0.2) is 0 Å². The number of hydrogen-bond acceptors (Lipinski definition) is 4. The first-order valence-electron chi connectivity index (χ1n) is 7.91. The third-order valence-electron chi connectivity index (χ3n) is 4.38. The van der Waals surface area contributed by atoms with E-state index < -0.39 is 0 Å². The summed E-state index contributed by atoms with van der Waals surface area (Å²) in [5.74, 6) is 1.64. The third-order valence-corrected chi connectivity index (χ3v) is 4.38. The van der Waals surface area contributed by atoms with Crippen LogP contribution in [0.3, 0.4) is 0 Å². The Labute approximate surface area is 134 Å². The number of ether oxygens (including phenoxy) is 1. The lowest BCUT2D eigenvalue weighted by molar-refractivity contribution is 0.254. The SMILES string of the molecule is Cc1nc2c(c(=O)[nH]1)CN(CC1=Cc3ccccc3OC1)CC2. The zero-order valence-corrected chi connectivity index (χ0v) is 13.1. The molecule has 2 aromatic rings. The average Bonchev–Trinajstić information content (AvgIpc) is 2.55. The normalized spacial score (nSPS) is 17.0. The van der Waals surface area contributed by atoms with E-state index in [2.05, 4.69) is 27.0 Å². The molecule has 0 radical (unpaired) electrons. The molecule has 23 heavy (non-hydrogen) atoms. The first-order chi connectivity index (χ1) is 11.2. The molecule has 3 heterocycles. The van der Waals surface area contributed by atoms with Crippen LogP contribution < -0.4 is 10.3 Å². The Morgan fingerprint density at radius 1 is 1.35 bits per heavy atom. The number of para-hydroxylation sites is 1. The average molecular weight is 309 g/mol. The molecule has 5 heteroatoms. The van der Waals surface area contributed by atoms with Crippen molar-refractivity contribution >= 4 is 6.08 Å². The van der Waals surface area contributed by atoms with Crippen LogP contribution in [-0.4, -0.2) is 34.6 Å². The van der Waals surface area contributed by atoms with Gasteiger partial charge in [0, 0.05) is 31.6 Å². The van der Waals surface area contributed by atoms with Crippen molar-refractivity contribution in [1.29, 1.82) is 0 Å². The van der Waals surface area contributed by atoms with E-state index in [4.69, 9.17) is 4.74 Å². The number of H-pyrrole nitrogens is 1. The lowest BCUT2D eigenvalue weighted by atomic mass is 10.0. The molecule has 118 valence electrons. The molecule has 1 aromatic carbocycles. The summed E-state index contributed by atoms with van der Waals surface area (Å²) in [4.78, 5) is 21.7. The molecular weight excluding hydrogens is 290 g/mol. The molecule has 0 saturated heterocycles. The van der Waals surface area contributed by atoms with Gasteiger partial charge < -0.3 is 9.72 Å². The summed E-state index contributed by atoms with van der Waals surface area (Å²) >= 11 is 0. The fourth-order valence-corrected chi connectivity index (χ4v) is 3.28. The molecule has 1 aromatic heterocycles. The number of aromatic amines is 1. The number of benzene rings is 1. The highest BCUT2D eigenvalue weighted by Crippen LogP contribution is 2.26. The first kappa shape index (κ1) is 14.2. The standard InChI is InChI=1S/C18H19N3O2/c1-12-19-16-6-7-21(10-15(16)18(22)20-12)9-13-8-14-4-2-3-5-17(14)23-11-13/h2-5,8H,6-7,9-11H2,1H3,(H,19,20,22). The van der Waals surface area contributed by atoms with E-state index >= 15 is 0 Å². The Balaban J connectivity index is 1.53. The molecule has 0 spiro atoms. The zero-order chi connectivity index (χ0) is 15.8. The predicted octanol–water partition coefficient (Wildman–Crippen LogP) is 1.91. The minimum Gasteiger partial charge on any atom is -0.489 e. The van der Waals surface area contributed by atoms with Crippen LogP contribution >= 0.6 is 0 Å². The highest BCUT2D eigenvalue weighted by Gasteiger charge is 2.22. The molecule has 2 aliphatic heterocycles. The second-order valence-electron chi connectivity index (χ2n) is 6.17. The summed E-state index contributed by atoms with van der Waals surface area (Å²) in [7, 11) is 0. The van der Waals surface area contributed by atoms with Gasteiger partial charge in [0.05, 0.1) is 11.3 Å². The van der Waals surface area contributed by atoms with Gasteiger partial charge in [0.2, 0.25) is 0 Å². The summed E-state index contributed by atoms with van der Waals surface area (Å²) in [6.07, 6.45) is 3.02. The number of rotatable bonds is 2. The lowest BCUT2D eigenvalue weighted by Crippen LogP contribution is -2.37. The Kier molecular flexibility index (Phi) is 3.50. The molecule has 0 fully saturated rings. The van der Waals surface area contributed by atoms with Gasteiger partial charge in [-0.3, -0.25) is 9.69 Å². The number of fused-ring (bicyclic) bond motifs is 2. The number of hydrogen-bond donors (Lipinski definition) is 1. The van der Waals surface area contributed by atoms with Gasteiger partial charge in [0.1, 0.15) is 18.2 Å². The van der Waals surface area contributed by atoms with Crippen LogP contribution in [0.1, 0.15) is 22.6 Å². The van der Waals surface area contributed by atoms with Crippen LogP contribution in [0.2, 0.25) is 0 Å². The molecule has 5 nitrogen and oxygen atoms in total. The Hall–Kier alpha value is -2.40. The Morgan fingerprint density at radius 2 is 2.22 bits per heavy atom. The van der Waals surface area contributed by atoms with Crippen molar-refractivity contribution in [2.45, 2.75) is 19.9 Å². The van der Waals surface area contributed by atoms with Gasteiger partial charge in [-0.05, 0) is 24.6 Å². The molecule has 0 saturated carbocycles. The van der Waals surface area contributed by atoms with E-state index in [1.54, 1.807) is 0 Å². The largest absolute Gasteiger partial charge is 0.489 e. The minimum atomic E-state index is -0.00332. The van der Waals surface area contributed by atoms with E-state index in [0.29, 0.717) is 19.0 Å². The third kappa shape index (κ3) is 2.80. The van der Waals surface area contributed by atoms with Crippen molar-refractivity contribution < 1.29 is 4.74 Å². The van der Waals surface area contributed by atoms with E-state index in [0.717, 1.165) is 42.1 Å². The second kappa shape index (κ2) is 5.66. The number of aryl methyl sites for hydroxylation is 1.